The highest BCUT2D eigenvalue weighted by molar-refractivity contribution is 5.92. The molecule has 0 bridgehead atoms. The third-order valence-corrected chi connectivity index (χ3v) is 5.74. The van der Waals surface area contributed by atoms with Gasteiger partial charge in [0, 0.05) is 30.2 Å². The maximum Gasteiger partial charge on any atom is 0.140 e. The molecule has 1 aromatic carbocycles. The molecule has 4 heterocycles. The topological polar surface area (TPSA) is 88.9 Å². The minimum absolute atomic E-state index is 0.0413. The minimum atomic E-state index is -1.05. The first kappa shape index (κ1) is 19.7. The van der Waals surface area contributed by atoms with Crippen LogP contribution < -0.4 is 15.4 Å². The van der Waals surface area contributed by atoms with Crippen LogP contribution in [0.5, 0.6) is 5.75 Å². The molecule has 0 unspecified atom stereocenters. The Balaban J connectivity index is 1.54. The number of rotatable bonds is 5. The second kappa shape index (κ2) is 8.13. The first-order valence-corrected chi connectivity index (χ1v) is 10.4. The van der Waals surface area contributed by atoms with Gasteiger partial charge in [-0.3, -0.25) is 4.40 Å². The maximum atomic E-state index is 14.3. The predicted octanol–water partition coefficient (Wildman–Crippen LogP) is 2.80. The highest BCUT2D eigenvalue weighted by Gasteiger charge is 2.27. The molecule has 1 fully saturated rings. The van der Waals surface area contributed by atoms with E-state index in [1.165, 1.54) is 0 Å². The van der Waals surface area contributed by atoms with Gasteiger partial charge in [0.15, 0.2) is 0 Å². The lowest BCUT2D eigenvalue weighted by molar-refractivity contribution is 0.201. The molecule has 7 nitrogen and oxygen atoms in total. The van der Waals surface area contributed by atoms with Crippen LogP contribution in [0.2, 0.25) is 0 Å². The number of nitrogens with two attached hydrogens (primary N) is 1. The maximum absolute atomic E-state index is 14.3. The third kappa shape index (κ3) is 3.68. The summed E-state index contributed by atoms with van der Waals surface area (Å²) in [5, 5.41) is 9.94. The number of alkyl halides is 1. The zero-order valence-corrected chi connectivity index (χ0v) is 17.0. The monoisotopic (exact) mass is 421 g/mol. The van der Waals surface area contributed by atoms with Gasteiger partial charge in [-0.25, -0.2) is 14.4 Å². The first-order valence-electron chi connectivity index (χ1n) is 10.4. The van der Waals surface area contributed by atoms with E-state index in [1.807, 2.05) is 58.0 Å². The highest BCUT2D eigenvalue weighted by Crippen LogP contribution is 2.31. The van der Waals surface area contributed by atoms with Crippen molar-refractivity contribution in [2.45, 2.75) is 18.6 Å². The van der Waals surface area contributed by atoms with E-state index in [0.29, 0.717) is 18.7 Å². The normalized spacial score (nSPS) is 19.3. The fourth-order valence-electron chi connectivity index (χ4n) is 4.08. The average molecular weight is 421 g/mol. The van der Waals surface area contributed by atoms with E-state index in [1.54, 1.807) is 6.20 Å². The summed E-state index contributed by atoms with van der Waals surface area (Å²) in [5.74, 6) is 0.650. The van der Waals surface area contributed by atoms with Gasteiger partial charge in [-0.1, -0.05) is 18.2 Å². The molecule has 0 aliphatic carbocycles. The van der Waals surface area contributed by atoms with Gasteiger partial charge in [-0.2, -0.15) is 0 Å². The van der Waals surface area contributed by atoms with Gasteiger partial charge in [0.05, 0.1) is 41.9 Å². The van der Waals surface area contributed by atoms with E-state index in [4.69, 9.17) is 20.6 Å². The molecule has 5 rings (SSSR count). The molecule has 160 valence electrons. The molecule has 31 heavy (non-hydrogen) atoms. The van der Waals surface area contributed by atoms with Gasteiger partial charge >= 0.3 is 0 Å². The molecule has 3 aromatic heterocycles. The molecule has 4 aromatic rings. The van der Waals surface area contributed by atoms with Crippen LogP contribution >= 0.6 is 0 Å². The van der Waals surface area contributed by atoms with Gasteiger partial charge in [0.1, 0.15) is 24.2 Å². The Labute approximate surface area is 178 Å². The fourth-order valence-corrected chi connectivity index (χ4v) is 4.08. The van der Waals surface area contributed by atoms with Crippen LogP contribution in [0.4, 0.5) is 10.1 Å². The van der Waals surface area contributed by atoms with Crippen molar-refractivity contribution in [3.05, 3.63) is 54.9 Å². The molecule has 0 spiro atoms. The van der Waals surface area contributed by atoms with Gasteiger partial charge < -0.3 is 20.5 Å². The fraction of sp³-hybridized carbons (Fsp3) is 0.304. The summed E-state index contributed by atoms with van der Waals surface area (Å²) in [7, 11) is 0. The number of aromatic nitrogens is 3. The van der Waals surface area contributed by atoms with Gasteiger partial charge in [0.2, 0.25) is 0 Å². The van der Waals surface area contributed by atoms with Crippen molar-refractivity contribution in [1.29, 1.82) is 0 Å². The molecule has 1 aliphatic rings. The van der Waals surface area contributed by atoms with Crippen molar-refractivity contribution in [2.75, 3.05) is 31.2 Å². The van der Waals surface area contributed by atoms with Gasteiger partial charge in [0.25, 0.3) is 0 Å². The number of para-hydroxylation sites is 1. The quantitative estimate of drug-likeness (QED) is 0.515. The number of anilines is 1. The summed E-state index contributed by atoms with van der Waals surface area (Å²) in [6.45, 7) is 1.18. The Morgan fingerprint density at radius 1 is 1.23 bits per heavy atom. The van der Waals surface area contributed by atoms with Crippen molar-refractivity contribution in [1.82, 2.24) is 14.4 Å². The lowest BCUT2D eigenvalue weighted by Crippen LogP contribution is -2.48. The molecular weight excluding hydrogens is 397 g/mol. The Bertz CT molecular complexity index is 1230. The van der Waals surface area contributed by atoms with Crippen LogP contribution in [-0.4, -0.2) is 58.0 Å². The predicted molar refractivity (Wildman–Crippen MR) is 118 cm³/mol. The van der Waals surface area contributed by atoms with Gasteiger partial charge in [-0.05, 0) is 24.6 Å². The molecule has 8 heteroatoms. The first-order chi connectivity index (χ1) is 15.1. The molecular formula is C23H24FN5O2. The van der Waals surface area contributed by atoms with E-state index >= 15 is 0 Å². The van der Waals surface area contributed by atoms with Crippen LogP contribution in [0.3, 0.4) is 0 Å². The number of pyridine rings is 2. The molecule has 3 N–H and O–H groups in total. The van der Waals surface area contributed by atoms with Crippen LogP contribution in [0.1, 0.15) is 6.42 Å². The van der Waals surface area contributed by atoms with Gasteiger partial charge in [-0.15, -0.1) is 0 Å². The van der Waals surface area contributed by atoms with Crippen molar-refractivity contribution < 1.29 is 14.2 Å². The molecule has 2 atom stereocenters. The van der Waals surface area contributed by atoms with Crippen molar-refractivity contribution in [2.24, 2.45) is 5.73 Å². The number of imidazole rings is 1. The zero-order chi connectivity index (χ0) is 21.4. The Morgan fingerprint density at radius 3 is 2.97 bits per heavy atom. The summed E-state index contributed by atoms with van der Waals surface area (Å²) < 4.78 is 21.7. The zero-order valence-electron chi connectivity index (χ0n) is 17.0. The number of halogens is 1. The average Bonchev–Trinajstić information content (AvgIpc) is 3.22. The lowest BCUT2D eigenvalue weighted by atomic mass is 10.0. The molecule has 0 radical (unpaired) electrons. The summed E-state index contributed by atoms with van der Waals surface area (Å²) in [4.78, 5) is 11.5. The SMILES string of the molecule is N[C@H]1CCN(c2cccc3ccc(-c4cnc5cc(OCCO)ccn45)nc23)C[C@H]1F. The van der Waals surface area contributed by atoms with Crippen LogP contribution in [-0.2, 0) is 0 Å². The number of hydrogen-bond acceptors (Lipinski definition) is 6. The number of piperidine rings is 1. The standard InChI is InChI=1S/C23H24FN5O2/c24-17-14-28(8-7-18(17)25)20-3-1-2-15-4-5-19(27-23(15)20)21-13-26-22-12-16(31-11-10-30)6-9-29(21)22/h1-6,9,12-13,17-18,30H,7-8,10-11,14,25H2/t17-,18+/m1/s1. The van der Waals surface area contributed by atoms with Crippen LogP contribution in [0, 0.1) is 0 Å². The third-order valence-electron chi connectivity index (χ3n) is 5.74. The number of aliphatic hydroxyl groups is 1. The number of hydrogen-bond donors (Lipinski definition) is 2. The Morgan fingerprint density at radius 2 is 2.13 bits per heavy atom. The van der Waals surface area contributed by atoms with Crippen molar-refractivity contribution in [3.63, 3.8) is 0 Å². The summed E-state index contributed by atoms with van der Waals surface area (Å²) in [6, 6.07) is 13.2. The summed E-state index contributed by atoms with van der Waals surface area (Å²) >= 11 is 0. The largest absolute Gasteiger partial charge is 0.491 e. The lowest BCUT2D eigenvalue weighted by Gasteiger charge is -2.34. The smallest absolute Gasteiger partial charge is 0.140 e. The minimum Gasteiger partial charge on any atom is -0.491 e. The molecule has 1 aliphatic heterocycles. The van der Waals surface area contributed by atoms with Crippen molar-refractivity contribution >= 4 is 22.2 Å². The van der Waals surface area contributed by atoms with E-state index in [0.717, 1.165) is 33.6 Å². The summed E-state index contributed by atoms with van der Waals surface area (Å²) in [6.07, 6.45) is 3.22. The number of nitrogens with zero attached hydrogens (tertiary/aromatic N) is 4. The van der Waals surface area contributed by atoms with E-state index < -0.39 is 12.2 Å². The van der Waals surface area contributed by atoms with E-state index in [-0.39, 0.29) is 19.8 Å². The second-order valence-corrected chi connectivity index (χ2v) is 7.77. The van der Waals surface area contributed by atoms with Crippen molar-refractivity contribution in [3.8, 4) is 17.1 Å². The number of aliphatic hydroxyl groups excluding tert-OH is 1. The van der Waals surface area contributed by atoms with Crippen LogP contribution in [0.15, 0.2) is 54.9 Å². The molecule has 0 amide bonds. The summed E-state index contributed by atoms with van der Waals surface area (Å²) in [5.41, 5.74) is 9.97. The highest BCUT2D eigenvalue weighted by atomic mass is 19.1. The number of benzene rings is 1. The molecule has 1 saturated heterocycles. The van der Waals surface area contributed by atoms with Crippen LogP contribution in [0.25, 0.3) is 27.9 Å². The number of ether oxygens (including phenoxy) is 1. The molecule has 0 saturated carbocycles. The number of fused-ring (bicyclic) bond motifs is 2. The Kier molecular flexibility index (Phi) is 5.17. The Hall–Kier alpha value is -3.23. The van der Waals surface area contributed by atoms with E-state index in [2.05, 4.69) is 4.98 Å². The van der Waals surface area contributed by atoms with E-state index in [9.17, 15) is 4.39 Å². The second-order valence-electron chi connectivity index (χ2n) is 7.77.